The van der Waals surface area contributed by atoms with Crippen LogP contribution in [-0.4, -0.2) is 38.6 Å². The molecule has 0 spiro atoms. The molecule has 4 nitrogen and oxygen atoms in total. The second-order valence-electron chi connectivity index (χ2n) is 3.40. The molecule has 1 aromatic rings. The van der Waals surface area contributed by atoms with Crippen molar-refractivity contribution in [2.75, 3.05) is 27.4 Å². The highest BCUT2D eigenvalue weighted by molar-refractivity contribution is 5.39. The van der Waals surface area contributed by atoms with Gasteiger partial charge in [0.1, 0.15) is 6.61 Å². The molecule has 0 heterocycles. The van der Waals surface area contributed by atoms with E-state index in [0.29, 0.717) is 24.5 Å². The van der Waals surface area contributed by atoms with Gasteiger partial charge in [0.05, 0.1) is 13.2 Å². The standard InChI is InChI=1S/C12H18O4/c1-14-8-7-10(13)9-16-12-6-4-3-5-11(12)15-2/h3-6,10,13H,7-9H2,1-2H3. The molecule has 0 fully saturated rings. The molecule has 0 saturated heterocycles. The maximum absolute atomic E-state index is 9.56. The molecule has 0 saturated carbocycles. The maximum Gasteiger partial charge on any atom is 0.161 e. The lowest BCUT2D eigenvalue weighted by atomic mass is 10.3. The normalized spacial score (nSPS) is 12.2. The largest absolute Gasteiger partial charge is 0.493 e. The van der Waals surface area contributed by atoms with Crippen molar-refractivity contribution in [3.05, 3.63) is 24.3 Å². The molecule has 0 bridgehead atoms. The molecule has 1 N–H and O–H groups in total. The molecule has 1 atom stereocenters. The van der Waals surface area contributed by atoms with Gasteiger partial charge in [-0.1, -0.05) is 12.1 Å². The van der Waals surface area contributed by atoms with Crippen LogP contribution in [0.2, 0.25) is 0 Å². The molecule has 0 aromatic heterocycles. The number of aliphatic hydroxyl groups excluding tert-OH is 1. The predicted molar refractivity (Wildman–Crippen MR) is 61.0 cm³/mol. The van der Waals surface area contributed by atoms with Crippen LogP contribution in [0.1, 0.15) is 6.42 Å². The van der Waals surface area contributed by atoms with E-state index in [2.05, 4.69) is 0 Å². The van der Waals surface area contributed by atoms with Crippen molar-refractivity contribution in [3.8, 4) is 11.5 Å². The first-order chi connectivity index (χ1) is 7.77. The van der Waals surface area contributed by atoms with E-state index < -0.39 is 6.10 Å². The van der Waals surface area contributed by atoms with Crippen LogP contribution in [0.5, 0.6) is 11.5 Å². The van der Waals surface area contributed by atoms with E-state index >= 15 is 0 Å². The van der Waals surface area contributed by atoms with E-state index in [1.807, 2.05) is 24.3 Å². The molecule has 90 valence electrons. The minimum Gasteiger partial charge on any atom is -0.493 e. The number of aliphatic hydroxyl groups is 1. The summed E-state index contributed by atoms with van der Waals surface area (Å²) in [5, 5.41) is 9.56. The van der Waals surface area contributed by atoms with Gasteiger partial charge in [-0.25, -0.2) is 0 Å². The zero-order valence-electron chi connectivity index (χ0n) is 9.68. The van der Waals surface area contributed by atoms with E-state index in [1.54, 1.807) is 14.2 Å². The van der Waals surface area contributed by atoms with Crippen LogP contribution >= 0.6 is 0 Å². The zero-order chi connectivity index (χ0) is 11.8. The number of benzene rings is 1. The lowest BCUT2D eigenvalue weighted by molar-refractivity contribution is 0.0697. The molecule has 16 heavy (non-hydrogen) atoms. The highest BCUT2D eigenvalue weighted by atomic mass is 16.5. The Bertz CT molecular complexity index is 301. The van der Waals surface area contributed by atoms with Crippen LogP contribution in [0.25, 0.3) is 0 Å². The Hall–Kier alpha value is -1.26. The molecular weight excluding hydrogens is 208 g/mol. The predicted octanol–water partition coefficient (Wildman–Crippen LogP) is 1.47. The smallest absolute Gasteiger partial charge is 0.161 e. The molecule has 0 aliphatic carbocycles. The van der Waals surface area contributed by atoms with Crippen LogP contribution in [0.15, 0.2) is 24.3 Å². The summed E-state index contributed by atoms with van der Waals surface area (Å²) in [4.78, 5) is 0. The van der Waals surface area contributed by atoms with E-state index in [-0.39, 0.29) is 6.61 Å². The number of rotatable bonds is 7. The van der Waals surface area contributed by atoms with Crippen molar-refractivity contribution < 1.29 is 19.3 Å². The Labute approximate surface area is 95.8 Å². The third kappa shape index (κ3) is 4.08. The van der Waals surface area contributed by atoms with E-state index in [0.717, 1.165) is 0 Å². The summed E-state index contributed by atoms with van der Waals surface area (Å²) in [5.41, 5.74) is 0. The van der Waals surface area contributed by atoms with Crippen molar-refractivity contribution in [1.82, 2.24) is 0 Å². The Morgan fingerprint density at radius 2 is 1.88 bits per heavy atom. The zero-order valence-corrected chi connectivity index (χ0v) is 9.68. The minimum absolute atomic E-state index is 0.240. The fraction of sp³-hybridized carbons (Fsp3) is 0.500. The number of hydrogen-bond acceptors (Lipinski definition) is 4. The first-order valence-electron chi connectivity index (χ1n) is 5.20. The van der Waals surface area contributed by atoms with Gasteiger partial charge in [0.25, 0.3) is 0 Å². The van der Waals surface area contributed by atoms with Gasteiger partial charge in [-0.3, -0.25) is 0 Å². The highest BCUT2D eigenvalue weighted by Crippen LogP contribution is 2.25. The van der Waals surface area contributed by atoms with Crippen LogP contribution in [0.4, 0.5) is 0 Å². The van der Waals surface area contributed by atoms with Crippen molar-refractivity contribution in [3.63, 3.8) is 0 Å². The van der Waals surface area contributed by atoms with E-state index in [1.165, 1.54) is 0 Å². The quantitative estimate of drug-likeness (QED) is 0.765. The van der Waals surface area contributed by atoms with Gasteiger partial charge < -0.3 is 19.3 Å². The van der Waals surface area contributed by atoms with Crippen molar-refractivity contribution in [2.24, 2.45) is 0 Å². The van der Waals surface area contributed by atoms with Gasteiger partial charge in [-0.2, -0.15) is 0 Å². The highest BCUT2D eigenvalue weighted by Gasteiger charge is 2.07. The summed E-state index contributed by atoms with van der Waals surface area (Å²) < 4.78 is 15.5. The maximum atomic E-state index is 9.56. The number of methoxy groups -OCH3 is 2. The molecule has 0 radical (unpaired) electrons. The van der Waals surface area contributed by atoms with Crippen molar-refractivity contribution in [2.45, 2.75) is 12.5 Å². The van der Waals surface area contributed by atoms with Gasteiger partial charge in [0.15, 0.2) is 11.5 Å². The summed E-state index contributed by atoms with van der Waals surface area (Å²) in [6, 6.07) is 7.35. The number of hydrogen-bond donors (Lipinski definition) is 1. The van der Waals surface area contributed by atoms with Crippen LogP contribution in [-0.2, 0) is 4.74 Å². The van der Waals surface area contributed by atoms with E-state index in [4.69, 9.17) is 14.2 Å². The molecule has 1 rings (SSSR count). The Morgan fingerprint density at radius 1 is 1.19 bits per heavy atom. The molecule has 4 heteroatoms. The Balaban J connectivity index is 2.41. The molecular formula is C12H18O4. The first-order valence-corrected chi connectivity index (χ1v) is 5.20. The Kier molecular flexibility index (Phi) is 5.67. The molecule has 1 aromatic carbocycles. The van der Waals surface area contributed by atoms with Crippen molar-refractivity contribution >= 4 is 0 Å². The molecule has 0 aliphatic heterocycles. The van der Waals surface area contributed by atoms with Crippen LogP contribution in [0.3, 0.4) is 0 Å². The Morgan fingerprint density at radius 3 is 2.50 bits per heavy atom. The second kappa shape index (κ2) is 7.09. The summed E-state index contributed by atoms with van der Waals surface area (Å²) in [7, 11) is 3.19. The summed E-state index contributed by atoms with van der Waals surface area (Å²) >= 11 is 0. The summed E-state index contributed by atoms with van der Waals surface area (Å²) in [6.07, 6.45) is 0.0379. The fourth-order valence-electron chi connectivity index (χ4n) is 1.26. The lowest BCUT2D eigenvalue weighted by Gasteiger charge is -2.13. The average molecular weight is 226 g/mol. The third-order valence-corrected chi connectivity index (χ3v) is 2.16. The topological polar surface area (TPSA) is 47.9 Å². The second-order valence-corrected chi connectivity index (χ2v) is 3.40. The minimum atomic E-state index is -0.523. The van der Waals surface area contributed by atoms with Gasteiger partial charge in [-0.05, 0) is 18.6 Å². The fourth-order valence-corrected chi connectivity index (χ4v) is 1.26. The van der Waals surface area contributed by atoms with Gasteiger partial charge in [0, 0.05) is 13.7 Å². The first kappa shape index (κ1) is 12.8. The SMILES string of the molecule is COCCC(O)COc1ccccc1OC. The monoisotopic (exact) mass is 226 g/mol. The molecule has 0 aliphatic rings. The van der Waals surface area contributed by atoms with Gasteiger partial charge in [-0.15, -0.1) is 0 Å². The van der Waals surface area contributed by atoms with Gasteiger partial charge >= 0.3 is 0 Å². The van der Waals surface area contributed by atoms with Gasteiger partial charge in [0.2, 0.25) is 0 Å². The molecule has 0 amide bonds. The third-order valence-electron chi connectivity index (χ3n) is 2.16. The van der Waals surface area contributed by atoms with E-state index in [9.17, 15) is 5.11 Å². The molecule has 1 unspecified atom stereocenters. The summed E-state index contributed by atoms with van der Waals surface area (Å²) in [6.45, 7) is 0.764. The van der Waals surface area contributed by atoms with Crippen LogP contribution < -0.4 is 9.47 Å². The number of ether oxygens (including phenoxy) is 3. The lowest BCUT2D eigenvalue weighted by Crippen LogP contribution is -2.19. The summed E-state index contributed by atoms with van der Waals surface area (Å²) in [5.74, 6) is 1.31. The van der Waals surface area contributed by atoms with Crippen LogP contribution in [0, 0.1) is 0 Å². The van der Waals surface area contributed by atoms with Crippen molar-refractivity contribution in [1.29, 1.82) is 0 Å². The average Bonchev–Trinajstić information content (AvgIpc) is 2.34. The number of para-hydroxylation sites is 2.